The average Bonchev–Trinajstić information content (AvgIpc) is 3.22. The number of allylic oxidation sites excluding steroid dienone is 3. The molecule has 2 aliphatic heterocycles. The van der Waals surface area contributed by atoms with Crippen molar-refractivity contribution >= 4 is 34.5 Å². The first-order chi connectivity index (χ1) is 13.5. The molecule has 4 nitrogen and oxygen atoms in total. The van der Waals surface area contributed by atoms with E-state index in [-0.39, 0.29) is 17.7 Å². The maximum absolute atomic E-state index is 12.8. The van der Waals surface area contributed by atoms with Crippen LogP contribution in [0, 0.1) is 5.92 Å². The Morgan fingerprint density at radius 3 is 3.00 bits per heavy atom. The summed E-state index contributed by atoms with van der Waals surface area (Å²) in [6.45, 7) is 4.35. The Morgan fingerprint density at radius 2 is 2.18 bits per heavy atom. The van der Waals surface area contributed by atoms with E-state index in [1.54, 1.807) is 0 Å². The van der Waals surface area contributed by atoms with E-state index in [9.17, 15) is 9.90 Å². The molecule has 0 bridgehead atoms. The minimum absolute atomic E-state index is 0.168. The van der Waals surface area contributed by atoms with Gasteiger partial charge in [-0.25, -0.2) is 0 Å². The van der Waals surface area contributed by atoms with Crippen LogP contribution in [0.3, 0.4) is 0 Å². The molecule has 1 spiro atoms. The molecule has 5 rings (SSSR count). The highest BCUT2D eigenvalue weighted by Gasteiger charge is 2.59. The van der Waals surface area contributed by atoms with Crippen LogP contribution in [0.5, 0.6) is 0 Å². The minimum Gasteiger partial charge on any atom is -0.394 e. The Balaban J connectivity index is 1.45. The lowest BCUT2D eigenvalue weighted by Crippen LogP contribution is -2.61. The van der Waals surface area contributed by atoms with Gasteiger partial charge >= 0.3 is 0 Å². The van der Waals surface area contributed by atoms with E-state index in [1.165, 1.54) is 33.4 Å². The Kier molecular flexibility index (Phi) is 4.36. The summed E-state index contributed by atoms with van der Waals surface area (Å²) in [6.07, 6.45) is 3.73. The van der Waals surface area contributed by atoms with Gasteiger partial charge in [-0.3, -0.25) is 4.79 Å². The van der Waals surface area contributed by atoms with Gasteiger partial charge in [-0.1, -0.05) is 35.4 Å². The van der Waals surface area contributed by atoms with Gasteiger partial charge in [0.15, 0.2) is 7.28 Å². The van der Waals surface area contributed by atoms with E-state index >= 15 is 0 Å². The molecule has 143 valence electrons. The summed E-state index contributed by atoms with van der Waals surface area (Å²) in [4.78, 5) is 14.2. The zero-order valence-corrected chi connectivity index (χ0v) is 16.8. The van der Waals surface area contributed by atoms with Crippen LogP contribution in [-0.2, 0) is 20.7 Å². The van der Waals surface area contributed by atoms with Crippen molar-refractivity contribution in [3.05, 3.63) is 58.0 Å². The SMILES string of the molecule is CC1=C(Cc2cc3ccccc3s2)CC2C(=C1)CO[C@]21O[C@H](C)[B][C@H](O)C1=O. The predicted octanol–water partition coefficient (Wildman–Crippen LogP) is 3.40. The van der Waals surface area contributed by atoms with E-state index in [0.717, 1.165) is 18.4 Å². The third-order valence-corrected chi connectivity index (χ3v) is 7.18. The highest BCUT2D eigenvalue weighted by Crippen LogP contribution is 2.48. The van der Waals surface area contributed by atoms with E-state index in [0.29, 0.717) is 6.61 Å². The van der Waals surface area contributed by atoms with Crippen LogP contribution in [0.25, 0.3) is 10.1 Å². The smallest absolute Gasteiger partial charge is 0.237 e. The van der Waals surface area contributed by atoms with Crippen LogP contribution >= 0.6 is 11.3 Å². The molecule has 0 saturated carbocycles. The number of hydrogen-bond acceptors (Lipinski definition) is 5. The molecule has 3 aliphatic rings. The van der Waals surface area contributed by atoms with Crippen molar-refractivity contribution in [2.24, 2.45) is 5.92 Å². The van der Waals surface area contributed by atoms with Crippen LogP contribution in [0.4, 0.5) is 0 Å². The average molecular weight is 393 g/mol. The Bertz CT molecular complexity index is 989. The van der Waals surface area contributed by atoms with Gasteiger partial charge in [0.1, 0.15) is 0 Å². The number of benzene rings is 1. The number of carbonyl (C=O) groups is 1. The second kappa shape index (κ2) is 6.66. The van der Waals surface area contributed by atoms with E-state index in [2.05, 4.69) is 43.3 Å². The molecular formula is C22H22BO4S. The molecule has 4 atom stereocenters. The maximum atomic E-state index is 12.8. The summed E-state index contributed by atoms with van der Waals surface area (Å²) >= 11 is 1.82. The second-order valence-corrected chi connectivity index (χ2v) is 9.14. The van der Waals surface area contributed by atoms with Gasteiger partial charge in [0, 0.05) is 27.9 Å². The highest BCUT2D eigenvalue weighted by molar-refractivity contribution is 7.19. The summed E-state index contributed by atoms with van der Waals surface area (Å²) in [5.74, 6) is -1.90. The fourth-order valence-corrected chi connectivity index (χ4v) is 5.77. The quantitative estimate of drug-likeness (QED) is 0.795. The summed E-state index contributed by atoms with van der Waals surface area (Å²) < 4.78 is 13.2. The zero-order valence-electron chi connectivity index (χ0n) is 16.0. The lowest BCUT2D eigenvalue weighted by atomic mass is 9.60. The highest BCUT2D eigenvalue weighted by atomic mass is 32.1. The molecule has 1 unspecified atom stereocenters. The Morgan fingerprint density at radius 1 is 1.36 bits per heavy atom. The molecule has 3 heterocycles. The fourth-order valence-electron chi connectivity index (χ4n) is 4.66. The number of aliphatic hydroxyl groups is 1. The van der Waals surface area contributed by atoms with Crippen LogP contribution in [0.1, 0.15) is 25.1 Å². The first-order valence-corrected chi connectivity index (χ1v) is 10.5. The van der Waals surface area contributed by atoms with E-state index in [4.69, 9.17) is 9.47 Å². The Hall–Kier alpha value is -1.73. The fraction of sp³-hybridized carbons (Fsp3) is 0.409. The molecule has 2 aromatic rings. The standard InChI is InChI=1S/C22H22BO4S/c1-12-7-16-11-26-22(20(24)21(25)23-13(2)27-22)18(16)10-15(12)9-17-8-14-5-3-4-6-19(14)28-17/h3-8,13,18,21,25H,9-11H2,1-2H3/t13-,18?,21-,22+/m1/s1. The minimum atomic E-state index is -1.36. The number of aliphatic hydroxyl groups excluding tert-OH is 1. The predicted molar refractivity (Wildman–Crippen MR) is 110 cm³/mol. The number of rotatable bonds is 2. The molecular weight excluding hydrogens is 371 g/mol. The third-order valence-electron chi connectivity index (χ3n) is 6.06. The lowest BCUT2D eigenvalue weighted by molar-refractivity contribution is -0.238. The normalized spacial score (nSPS) is 32.6. The van der Waals surface area contributed by atoms with Crippen molar-refractivity contribution in [1.82, 2.24) is 0 Å². The molecule has 2 fully saturated rings. The molecule has 1 radical (unpaired) electrons. The summed E-state index contributed by atoms with van der Waals surface area (Å²) in [6, 6.07) is 9.21. The molecule has 1 aromatic carbocycles. The first-order valence-electron chi connectivity index (χ1n) is 9.72. The van der Waals surface area contributed by atoms with Crippen molar-refractivity contribution < 1.29 is 19.4 Å². The topological polar surface area (TPSA) is 55.8 Å². The molecule has 6 heteroatoms. The molecule has 0 amide bonds. The number of thiophene rings is 1. The number of ether oxygens (including phenoxy) is 2. The molecule has 28 heavy (non-hydrogen) atoms. The maximum Gasteiger partial charge on any atom is 0.237 e. The first kappa shape index (κ1) is 18.3. The van der Waals surface area contributed by atoms with Crippen molar-refractivity contribution in [3.63, 3.8) is 0 Å². The van der Waals surface area contributed by atoms with Crippen LogP contribution in [-0.4, -0.2) is 42.6 Å². The van der Waals surface area contributed by atoms with E-state index < -0.39 is 11.8 Å². The summed E-state index contributed by atoms with van der Waals surface area (Å²) in [5, 5.41) is 11.5. The third kappa shape index (κ3) is 2.82. The van der Waals surface area contributed by atoms with Crippen LogP contribution < -0.4 is 0 Å². The molecule has 1 N–H and O–H groups in total. The van der Waals surface area contributed by atoms with Crippen molar-refractivity contribution in [2.45, 2.75) is 44.5 Å². The van der Waals surface area contributed by atoms with Gasteiger partial charge in [-0.2, -0.15) is 0 Å². The second-order valence-electron chi connectivity index (χ2n) is 7.97. The summed E-state index contributed by atoms with van der Waals surface area (Å²) in [7, 11) is 1.53. The van der Waals surface area contributed by atoms with Crippen molar-refractivity contribution in [3.8, 4) is 0 Å². The molecule has 2 saturated heterocycles. The lowest BCUT2D eigenvalue weighted by Gasteiger charge is -2.41. The zero-order chi connectivity index (χ0) is 19.5. The van der Waals surface area contributed by atoms with Crippen LogP contribution in [0.2, 0.25) is 0 Å². The van der Waals surface area contributed by atoms with Gasteiger partial charge in [0.05, 0.1) is 12.6 Å². The van der Waals surface area contributed by atoms with Crippen LogP contribution in [0.15, 0.2) is 53.1 Å². The van der Waals surface area contributed by atoms with Gasteiger partial charge in [-0.05, 0) is 43.4 Å². The van der Waals surface area contributed by atoms with Gasteiger partial charge in [0.25, 0.3) is 0 Å². The van der Waals surface area contributed by atoms with Crippen molar-refractivity contribution in [2.75, 3.05) is 6.61 Å². The van der Waals surface area contributed by atoms with E-state index in [1.807, 2.05) is 18.3 Å². The molecule has 1 aliphatic carbocycles. The number of hydrogen-bond donors (Lipinski definition) is 1. The number of carbonyl (C=O) groups excluding carboxylic acids is 1. The number of ketones is 1. The monoisotopic (exact) mass is 393 g/mol. The van der Waals surface area contributed by atoms with Gasteiger partial charge < -0.3 is 14.6 Å². The Labute approximate surface area is 169 Å². The number of fused-ring (bicyclic) bond motifs is 3. The largest absolute Gasteiger partial charge is 0.394 e. The molecule has 1 aromatic heterocycles. The van der Waals surface area contributed by atoms with Gasteiger partial charge in [0.2, 0.25) is 11.6 Å². The number of Topliss-reactive ketones (excluding diaryl/α,β-unsaturated/α-hetero) is 1. The van der Waals surface area contributed by atoms with Gasteiger partial charge in [-0.15, -0.1) is 11.3 Å². The summed E-state index contributed by atoms with van der Waals surface area (Å²) in [5.41, 5.74) is 3.64. The van der Waals surface area contributed by atoms with Crippen molar-refractivity contribution in [1.29, 1.82) is 0 Å².